The van der Waals surface area contributed by atoms with Gasteiger partial charge in [-0.15, -0.1) is 0 Å². The molecule has 0 aromatic heterocycles. The van der Waals surface area contributed by atoms with Crippen LogP contribution >= 0.6 is 0 Å². The summed E-state index contributed by atoms with van der Waals surface area (Å²) in [5.41, 5.74) is 0.851. The number of methoxy groups -OCH3 is 1. The second-order valence-corrected chi connectivity index (χ2v) is 6.06. The minimum absolute atomic E-state index is 0.120. The molecule has 130 valence electrons. The van der Waals surface area contributed by atoms with Gasteiger partial charge in [0.05, 0.1) is 26.2 Å². The molecule has 0 fully saturated rings. The van der Waals surface area contributed by atoms with Crippen LogP contribution in [0, 0.1) is 5.92 Å². The van der Waals surface area contributed by atoms with Crippen molar-refractivity contribution in [2.45, 2.75) is 38.6 Å². The highest BCUT2D eigenvalue weighted by Gasteiger charge is 2.19. The summed E-state index contributed by atoms with van der Waals surface area (Å²) in [6, 6.07) is 6.91. The maximum atomic E-state index is 12.2. The Balaban J connectivity index is 1.92. The van der Waals surface area contributed by atoms with Crippen LogP contribution in [0.3, 0.4) is 0 Å². The monoisotopic (exact) mass is 331 g/mol. The van der Waals surface area contributed by atoms with E-state index >= 15 is 0 Å². The summed E-state index contributed by atoms with van der Waals surface area (Å²) in [5.74, 6) is 0.660. The highest BCUT2D eigenvalue weighted by molar-refractivity contribution is 5.76. The predicted octanol–water partition coefficient (Wildman–Crippen LogP) is 3.16. The van der Waals surface area contributed by atoms with Gasteiger partial charge in [0.25, 0.3) is 0 Å². The number of esters is 1. The van der Waals surface area contributed by atoms with Crippen molar-refractivity contribution < 1.29 is 19.1 Å². The van der Waals surface area contributed by atoms with Crippen molar-refractivity contribution >= 4 is 11.9 Å². The van der Waals surface area contributed by atoms with Crippen LogP contribution in [0.15, 0.2) is 36.4 Å². The Bertz CT molecular complexity index is 580. The normalized spacial score (nSPS) is 17.8. The zero-order valence-electron chi connectivity index (χ0n) is 14.3. The van der Waals surface area contributed by atoms with E-state index in [2.05, 4.69) is 17.5 Å². The standard InChI is InChI=1S/C19H25NO4/c1-14(21)20-18(16-8-10-17(23-2)11-9-16)12-19(22)24-13-15-6-4-3-5-7-15/h3-4,8-11,15,18H,5-7,12-13H2,1-2H3,(H,20,21). The number of hydrogen-bond acceptors (Lipinski definition) is 4. The molecule has 1 aromatic rings. The lowest BCUT2D eigenvalue weighted by Crippen LogP contribution is -2.29. The van der Waals surface area contributed by atoms with E-state index in [1.807, 2.05) is 24.3 Å². The largest absolute Gasteiger partial charge is 0.497 e. The van der Waals surface area contributed by atoms with Gasteiger partial charge in [-0.05, 0) is 42.9 Å². The highest BCUT2D eigenvalue weighted by atomic mass is 16.5. The molecule has 1 aliphatic rings. The van der Waals surface area contributed by atoms with Crippen molar-refractivity contribution in [2.75, 3.05) is 13.7 Å². The lowest BCUT2D eigenvalue weighted by molar-refractivity contribution is -0.145. The highest BCUT2D eigenvalue weighted by Crippen LogP contribution is 2.22. The van der Waals surface area contributed by atoms with Crippen molar-refractivity contribution in [3.05, 3.63) is 42.0 Å². The topological polar surface area (TPSA) is 64.6 Å². The molecule has 0 saturated heterocycles. The van der Waals surface area contributed by atoms with Gasteiger partial charge in [0.2, 0.25) is 5.91 Å². The van der Waals surface area contributed by atoms with Gasteiger partial charge in [0.1, 0.15) is 5.75 Å². The second kappa shape index (κ2) is 9.11. The van der Waals surface area contributed by atoms with Gasteiger partial charge in [0.15, 0.2) is 0 Å². The van der Waals surface area contributed by atoms with E-state index in [9.17, 15) is 9.59 Å². The van der Waals surface area contributed by atoms with Crippen LogP contribution in [0.4, 0.5) is 0 Å². The molecule has 0 spiro atoms. The third-order valence-electron chi connectivity index (χ3n) is 4.12. The third-order valence-corrected chi connectivity index (χ3v) is 4.12. The molecule has 0 aliphatic heterocycles. The Kier molecular flexibility index (Phi) is 6.85. The van der Waals surface area contributed by atoms with E-state index < -0.39 is 6.04 Å². The Labute approximate surface area is 143 Å². The smallest absolute Gasteiger partial charge is 0.308 e. The Morgan fingerprint density at radius 3 is 2.58 bits per heavy atom. The zero-order valence-corrected chi connectivity index (χ0v) is 14.3. The molecule has 2 rings (SSSR count). The summed E-state index contributed by atoms with van der Waals surface area (Å²) in [4.78, 5) is 23.6. The van der Waals surface area contributed by atoms with Gasteiger partial charge in [0, 0.05) is 6.92 Å². The molecule has 24 heavy (non-hydrogen) atoms. The molecular formula is C19H25NO4. The number of carbonyl (C=O) groups is 2. The van der Waals surface area contributed by atoms with E-state index in [-0.39, 0.29) is 18.3 Å². The molecular weight excluding hydrogens is 306 g/mol. The molecule has 0 bridgehead atoms. The summed E-state index contributed by atoms with van der Waals surface area (Å²) in [6.45, 7) is 1.88. The molecule has 1 aromatic carbocycles. The van der Waals surface area contributed by atoms with Crippen molar-refractivity contribution in [2.24, 2.45) is 5.92 Å². The molecule has 2 atom stereocenters. The fourth-order valence-corrected chi connectivity index (χ4v) is 2.78. The number of rotatable bonds is 7. The lowest BCUT2D eigenvalue weighted by atomic mass is 9.95. The van der Waals surface area contributed by atoms with Crippen LogP contribution in [0.1, 0.15) is 44.2 Å². The Hall–Kier alpha value is -2.30. The molecule has 0 saturated carbocycles. The number of carbonyl (C=O) groups excluding carboxylic acids is 2. The van der Waals surface area contributed by atoms with E-state index in [1.165, 1.54) is 6.92 Å². The van der Waals surface area contributed by atoms with Gasteiger partial charge in [-0.3, -0.25) is 9.59 Å². The number of allylic oxidation sites excluding steroid dienone is 2. The van der Waals surface area contributed by atoms with E-state index in [0.29, 0.717) is 12.5 Å². The van der Waals surface area contributed by atoms with Gasteiger partial charge < -0.3 is 14.8 Å². The average molecular weight is 331 g/mol. The maximum absolute atomic E-state index is 12.2. The molecule has 5 nitrogen and oxygen atoms in total. The molecule has 1 amide bonds. The molecule has 0 heterocycles. The Morgan fingerprint density at radius 2 is 2.00 bits per heavy atom. The number of benzene rings is 1. The quantitative estimate of drug-likeness (QED) is 0.616. The maximum Gasteiger partial charge on any atom is 0.308 e. The summed E-state index contributed by atoms with van der Waals surface area (Å²) < 4.78 is 10.5. The Morgan fingerprint density at radius 1 is 1.25 bits per heavy atom. The van der Waals surface area contributed by atoms with Crippen LogP contribution < -0.4 is 10.1 Å². The summed E-state index contributed by atoms with van der Waals surface area (Å²) in [6.07, 6.45) is 7.48. The molecule has 0 radical (unpaired) electrons. The van der Waals surface area contributed by atoms with E-state index in [0.717, 1.165) is 30.6 Å². The number of hydrogen-bond donors (Lipinski definition) is 1. The first-order chi connectivity index (χ1) is 11.6. The number of amides is 1. The minimum atomic E-state index is -0.396. The average Bonchev–Trinajstić information content (AvgIpc) is 2.60. The van der Waals surface area contributed by atoms with Crippen LogP contribution in [-0.4, -0.2) is 25.6 Å². The predicted molar refractivity (Wildman–Crippen MR) is 91.6 cm³/mol. The van der Waals surface area contributed by atoms with Gasteiger partial charge in [-0.1, -0.05) is 24.3 Å². The fraction of sp³-hybridized carbons (Fsp3) is 0.474. The van der Waals surface area contributed by atoms with Crippen molar-refractivity contribution in [1.82, 2.24) is 5.32 Å². The third kappa shape index (κ3) is 5.72. The SMILES string of the molecule is COc1ccc(C(CC(=O)OCC2CC=CCC2)NC(C)=O)cc1. The number of ether oxygens (including phenoxy) is 2. The van der Waals surface area contributed by atoms with Crippen molar-refractivity contribution in [3.8, 4) is 5.75 Å². The van der Waals surface area contributed by atoms with Gasteiger partial charge in [-0.2, -0.15) is 0 Å². The summed E-state index contributed by atoms with van der Waals surface area (Å²) in [7, 11) is 1.60. The minimum Gasteiger partial charge on any atom is -0.497 e. The lowest BCUT2D eigenvalue weighted by Gasteiger charge is -2.20. The van der Waals surface area contributed by atoms with Crippen LogP contribution in [-0.2, 0) is 14.3 Å². The number of nitrogens with one attached hydrogen (secondary N) is 1. The van der Waals surface area contributed by atoms with Crippen LogP contribution in [0.5, 0.6) is 5.75 Å². The fourth-order valence-electron chi connectivity index (χ4n) is 2.78. The first kappa shape index (κ1) is 18.0. The van der Waals surface area contributed by atoms with E-state index in [1.54, 1.807) is 7.11 Å². The first-order valence-corrected chi connectivity index (χ1v) is 8.30. The second-order valence-electron chi connectivity index (χ2n) is 6.06. The van der Waals surface area contributed by atoms with Gasteiger partial charge >= 0.3 is 5.97 Å². The molecule has 1 aliphatic carbocycles. The van der Waals surface area contributed by atoms with Gasteiger partial charge in [-0.25, -0.2) is 0 Å². The molecule has 1 N–H and O–H groups in total. The first-order valence-electron chi connectivity index (χ1n) is 8.30. The van der Waals surface area contributed by atoms with Crippen LogP contribution in [0.25, 0.3) is 0 Å². The molecule has 5 heteroatoms. The van der Waals surface area contributed by atoms with Crippen LogP contribution in [0.2, 0.25) is 0 Å². The van der Waals surface area contributed by atoms with E-state index in [4.69, 9.17) is 9.47 Å². The molecule has 2 unspecified atom stereocenters. The summed E-state index contributed by atoms with van der Waals surface area (Å²) in [5, 5.41) is 2.81. The zero-order chi connectivity index (χ0) is 17.4. The summed E-state index contributed by atoms with van der Waals surface area (Å²) >= 11 is 0. The van der Waals surface area contributed by atoms with Crippen molar-refractivity contribution in [3.63, 3.8) is 0 Å². The van der Waals surface area contributed by atoms with Crippen molar-refractivity contribution in [1.29, 1.82) is 0 Å².